The number of nitrogens with zero attached hydrogens (tertiary/aromatic N) is 2. The van der Waals surface area contributed by atoms with Crippen LogP contribution in [0.2, 0.25) is 5.02 Å². The van der Waals surface area contributed by atoms with Gasteiger partial charge in [-0.2, -0.15) is 0 Å². The summed E-state index contributed by atoms with van der Waals surface area (Å²) in [7, 11) is 0. The molecule has 1 aliphatic rings. The summed E-state index contributed by atoms with van der Waals surface area (Å²) in [4.78, 5) is 12.2. The zero-order valence-corrected chi connectivity index (χ0v) is 14.6. The Hall–Kier alpha value is -0.951. The van der Waals surface area contributed by atoms with Crippen LogP contribution in [0.1, 0.15) is 10.4 Å². The molecule has 2 aromatic rings. The zero-order valence-electron chi connectivity index (χ0n) is 9.93. The number of rotatable bonds is 2. The molecule has 0 atom stereocenters. The standard InChI is InChI=1S/C13H7ClIN3OSe/c14-8-6-7(4-5-9(8)15)13(19)16-10-2-1-3-11-12(10)18-20-17-11/h1-6H,(H,16,19). The number of halogens is 2. The number of carbonyl (C=O) groups excluding carboxylic acids is 1. The molecular formula is C13H7ClIN3OSe. The van der Waals surface area contributed by atoms with E-state index in [2.05, 4.69) is 35.8 Å². The predicted octanol–water partition coefficient (Wildman–Crippen LogP) is 4.54. The number of amides is 1. The van der Waals surface area contributed by atoms with Crippen molar-refractivity contribution in [2.24, 2.45) is 7.92 Å². The minimum absolute atomic E-state index is 0.116. The van der Waals surface area contributed by atoms with E-state index < -0.39 is 0 Å². The molecule has 100 valence electrons. The van der Waals surface area contributed by atoms with E-state index in [0.717, 1.165) is 14.9 Å². The molecule has 0 unspecified atom stereocenters. The van der Waals surface area contributed by atoms with Gasteiger partial charge in [0.15, 0.2) is 0 Å². The van der Waals surface area contributed by atoms with Crippen molar-refractivity contribution >= 4 is 71.7 Å². The predicted molar refractivity (Wildman–Crippen MR) is 88.5 cm³/mol. The number of nitrogens with one attached hydrogen (secondary N) is 1. The van der Waals surface area contributed by atoms with E-state index in [1.165, 1.54) is 0 Å². The molecule has 1 N–H and O–H groups in total. The van der Waals surface area contributed by atoms with Crippen LogP contribution in [0.3, 0.4) is 0 Å². The molecule has 3 rings (SSSR count). The number of fused-ring (bicyclic) bond motifs is 1. The molecule has 0 radical (unpaired) electrons. The van der Waals surface area contributed by atoms with Gasteiger partial charge in [-0.1, -0.05) is 0 Å². The Morgan fingerprint density at radius 3 is 2.90 bits per heavy atom. The Morgan fingerprint density at radius 2 is 2.10 bits per heavy atom. The van der Waals surface area contributed by atoms with Gasteiger partial charge in [0.05, 0.1) is 0 Å². The van der Waals surface area contributed by atoms with Crippen LogP contribution < -0.4 is 5.32 Å². The molecule has 2 aromatic carbocycles. The first-order valence-electron chi connectivity index (χ1n) is 5.63. The van der Waals surface area contributed by atoms with Crippen LogP contribution in [0.5, 0.6) is 0 Å². The van der Waals surface area contributed by atoms with Crippen LogP contribution in [0.25, 0.3) is 0 Å². The molecule has 1 heterocycles. The number of hydrogen-bond donors (Lipinski definition) is 1. The summed E-state index contributed by atoms with van der Waals surface area (Å²) in [5.74, 6) is -0.202. The third-order valence-electron chi connectivity index (χ3n) is 2.72. The van der Waals surface area contributed by atoms with Crippen molar-refractivity contribution in [2.45, 2.75) is 0 Å². The SMILES string of the molecule is O=C(Nc1cccc2c1N=[Se]=N2)c1ccc(I)c(Cl)c1. The Morgan fingerprint density at radius 1 is 1.25 bits per heavy atom. The molecule has 4 nitrogen and oxygen atoms in total. The molecule has 20 heavy (non-hydrogen) atoms. The monoisotopic (exact) mass is 463 g/mol. The van der Waals surface area contributed by atoms with Crippen molar-refractivity contribution < 1.29 is 4.79 Å². The van der Waals surface area contributed by atoms with Crippen molar-refractivity contribution in [3.8, 4) is 0 Å². The number of carbonyl (C=O) groups is 1. The van der Waals surface area contributed by atoms with Gasteiger partial charge < -0.3 is 0 Å². The van der Waals surface area contributed by atoms with Crippen molar-refractivity contribution in [3.05, 3.63) is 50.6 Å². The second-order valence-corrected chi connectivity index (χ2v) is 6.70. The Balaban J connectivity index is 1.88. The van der Waals surface area contributed by atoms with E-state index in [-0.39, 0.29) is 20.5 Å². The van der Waals surface area contributed by atoms with Gasteiger partial charge in [-0.05, 0) is 0 Å². The van der Waals surface area contributed by atoms with E-state index >= 15 is 0 Å². The molecule has 0 spiro atoms. The third kappa shape index (κ3) is 2.74. The molecule has 1 amide bonds. The summed E-state index contributed by atoms with van der Waals surface area (Å²) >= 11 is 8.04. The second kappa shape index (κ2) is 5.81. The molecule has 0 aliphatic carbocycles. The van der Waals surface area contributed by atoms with E-state index in [1.54, 1.807) is 12.1 Å². The number of benzene rings is 2. The van der Waals surface area contributed by atoms with Gasteiger partial charge in [0.25, 0.3) is 0 Å². The van der Waals surface area contributed by atoms with Gasteiger partial charge in [0, 0.05) is 0 Å². The Labute approximate surface area is 139 Å². The maximum absolute atomic E-state index is 12.2. The van der Waals surface area contributed by atoms with Crippen LogP contribution in [0, 0.1) is 3.57 Å². The molecule has 0 aromatic heterocycles. The summed E-state index contributed by atoms with van der Waals surface area (Å²) in [6, 6.07) is 10.8. The van der Waals surface area contributed by atoms with Gasteiger partial charge in [-0.15, -0.1) is 0 Å². The molecular weight excluding hydrogens is 455 g/mol. The van der Waals surface area contributed by atoms with Crippen LogP contribution in [-0.2, 0) is 0 Å². The van der Waals surface area contributed by atoms with E-state index in [9.17, 15) is 4.79 Å². The summed E-state index contributed by atoms with van der Waals surface area (Å²) in [6.45, 7) is 0. The van der Waals surface area contributed by atoms with E-state index in [1.807, 2.05) is 24.3 Å². The van der Waals surface area contributed by atoms with E-state index in [0.29, 0.717) is 16.3 Å². The van der Waals surface area contributed by atoms with Gasteiger partial charge in [0.1, 0.15) is 0 Å². The third-order valence-corrected chi connectivity index (χ3v) is 5.43. The fraction of sp³-hybridized carbons (Fsp3) is 0. The first kappa shape index (κ1) is 14.0. The summed E-state index contributed by atoms with van der Waals surface area (Å²) in [6.07, 6.45) is 0. The van der Waals surface area contributed by atoms with Crippen LogP contribution in [-0.4, -0.2) is 20.5 Å². The quantitative estimate of drug-likeness (QED) is 0.441. The number of hydrogen-bond acceptors (Lipinski definition) is 3. The molecule has 0 saturated carbocycles. The second-order valence-electron chi connectivity index (χ2n) is 4.02. The molecule has 0 fully saturated rings. The summed E-state index contributed by atoms with van der Waals surface area (Å²) in [5, 5.41) is 3.43. The normalized spacial score (nSPS) is 11.9. The zero-order chi connectivity index (χ0) is 14.1. The van der Waals surface area contributed by atoms with Crippen molar-refractivity contribution in [1.82, 2.24) is 0 Å². The van der Waals surface area contributed by atoms with Crippen LogP contribution in [0.15, 0.2) is 44.3 Å². The van der Waals surface area contributed by atoms with Crippen LogP contribution >= 0.6 is 34.2 Å². The first-order chi connectivity index (χ1) is 9.65. The average molecular weight is 463 g/mol. The van der Waals surface area contributed by atoms with Crippen LogP contribution in [0.4, 0.5) is 17.1 Å². The first-order valence-corrected chi connectivity index (χ1v) is 8.62. The fourth-order valence-electron chi connectivity index (χ4n) is 1.74. The van der Waals surface area contributed by atoms with E-state index in [4.69, 9.17) is 11.6 Å². The van der Waals surface area contributed by atoms with Gasteiger partial charge in [0.2, 0.25) is 0 Å². The molecule has 1 aliphatic heterocycles. The maximum atomic E-state index is 12.2. The molecule has 0 bridgehead atoms. The molecule has 0 saturated heterocycles. The fourth-order valence-corrected chi connectivity index (χ4v) is 3.41. The summed E-state index contributed by atoms with van der Waals surface area (Å²) < 4.78 is 9.53. The van der Waals surface area contributed by atoms with Gasteiger partial charge in [-0.3, -0.25) is 0 Å². The van der Waals surface area contributed by atoms with Crippen molar-refractivity contribution in [3.63, 3.8) is 0 Å². The Kier molecular flexibility index (Phi) is 4.07. The number of anilines is 1. The molecule has 7 heteroatoms. The van der Waals surface area contributed by atoms with Gasteiger partial charge >= 0.3 is 140 Å². The van der Waals surface area contributed by atoms with Crippen molar-refractivity contribution in [1.29, 1.82) is 0 Å². The topological polar surface area (TPSA) is 53.8 Å². The summed E-state index contributed by atoms with van der Waals surface area (Å²) in [5.41, 5.74) is 2.81. The van der Waals surface area contributed by atoms with Gasteiger partial charge in [-0.25, -0.2) is 0 Å². The minimum atomic E-state index is -0.202. The average Bonchev–Trinajstić information content (AvgIpc) is 2.91. The Bertz CT molecular complexity index is 787. The van der Waals surface area contributed by atoms with Crippen molar-refractivity contribution in [2.75, 3.05) is 5.32 Å².